The average Bonchev–Trinajstić information content (AvgIpc) is 3.32. The van der Waals surface area contributed by atoms with Gasteiger partial charge >= 0.3 is 0 Å². The summed E-state index contributed by atoms with van der Waals surface area (Å²) >= 11 is 0. The van der Waals surface area contributed by atoms with Crippen LogP contribution < -0.4 is 5.32 Å². The predicted octanol–water partition coefficient (Wildman–Crippen LogP) is 2.28. The summed E-state index contributed by atoms with van der Waals surface area (Å²) in [6.07, 6.45) is 2.16. The van der Waals surface area contributed by atoms with Gasteiger partial charge in [0.1, 0.15) is 5.82 Å². The van der Waals surface area contributed by atoms with Gasteiger partial charge in [0.05, 0.1) is 11.3 Å². The zero-order valence-electron chi connectivity index (χ0n) is 14.4. The number of nitrogens with zero attached hydrogens (tertiary/aromatic N) is 3. The molecule has 1 fully saturated rings. The molecule has 6 heteroatoms. The molecule has 0 spiro atoms. The monoisotopic (exact) mass is 328 g/mol. The number of hydrogen-bond donors (Lipinski definition) is 2. The Labute approximate surface area is 141 Å². The van der Waals surface area contributed by atoms with Gasteiger partial charge in [-0.3, -0.25) is 4.79 Å². The molecule has 2 N–H and O–H groups in total. The summed E-state index contributed by atoms with van der Waals surface area (Å²) in [5.41, 5.74) is -0.0584. The van der Waals surface area contributed by atoms with E-state index in [1.807, 2.05) is 44.2 Å². The first kappa shape index (κ1) is 16.6. The highest BCUT2D eigenvalue weighted by atomic mass is 16.3. The Bertz CT molecular complexity index is 718. The maximum atomic E-state index is 12.4. The third-order valence-corrected chi connectivity index (χ3v) is 4.63. The molecule has 1 aromatic heterocycles. The van der Waals surface area contributed by atoms with Crippen LogP contribution in [0.4, 0.5) is 0 Å². The Morgan fingerprint density at radius 3 is 2.62 bits per heavy atom. The molecule has 1 amide bonds. The largest absolute Gasteiger partial charge is 0.388 e. The molecule has 1 atom stereocenters. The van der Waals surface area contributed by atoms with Crippen LogP contribution in [-0.4, -0.2) is 37.9 Å². The molecular formula is C18H24N4O2. The van der Waals surface area contributed by atoms with Crippen LogP contribution in [-0.2, 0) is 0 Å². The van der Waals surface area contributed by atoms with Crippen LogP contribution in [0.15, 0.2) is 30.3 Å². The van der Waals surface area contributed by atoms with Crippen molar-refractivity contribution < 1.29 is 9.90 Å². The molecule has 1 saturated carbocycles. The molecule has 24 heavy (non-hydrogen) atoms. The maximum absolute atomic E-state index is 12.4. The van der Waals surface area contributed by atoms with E-state index in [0.29, 0.717) is 5.92 Å². The molecule has 2 aromatic rings. The summed E-state index contributed by atoms with van der Waals surface area (Å²) in [6, 6.07) is 9.72. The molecular weight excluding hydrogens is 304 g/mol. The van der Waals surface area contributed by atoms with Crippen LogP contribution in [0, 0.1) is 5.92 Å². The number of carbonyl (C=O) groups is 1. The Morgan fingerprint density at radius 2 is 2.04 bits per heavy atom. The normalized spacial score (nSPS) is 16.9. The molecule has 0 radical (unpaired) electrons. The third kappa shape index (κ3) is 3.48. The lowest BCUT2D eigenvalue weighted by Gasteiger charge is -2.27. The maximum Gasteiger partial charge on any atom is 0.291 e. The molecule has 1 unspecified atom stereocenters. The highest BCUT2D eigenvalue weighted by Gasteiger charge is 2.32. The SMILES string of the molecule is CC(C)C(C)(O)CNC(=O)c1nc(C2CC2)n(-c2ccccc2)n1. The van der Waals surface area contributed by atoms with Crippen molar-refractivity contribution >= 4 is 5.91 Å². The lowest BCUT2D eigenvalue weighted by molar-refractivity contribution is 0.0141. The Balaban J connectivity index is 1.80. The summed E-state index contributed by atoms with van der Waals surface area (Å²) in [5.74, 6) is 1.04. The van der Waals surface area contributed by atoms with Crippen LogP contribution in [0.3, 0.4) is 0 Å². The van der Waals surface area contributed by atoms with Gasteiger partial charge in [0.2, 0.25) is 5.82 Å². The van der Waals surface area contributed by atoms with Crippen molar-refractivity contribution in [3.05, 3.63) is 42.0 Å². The molecule has 6 nitrogen and oxygen atoms in total. The summed E-state index contributed by atoms with van der Waals surface area (Å²) in [7, 11) is 0. The van der Waals surface area contributed by atoms with E-state index in [1.54, 1.807) is 11.6 Å². The van der Waals surface area contributed by atoms with Gasteiger partial charge in [0, 0.05) is 12.5 Å². The second kappa shape index (κ2) is 6.36. The number of carbonyl (C=O) groups excluding carboxylic acids is 1. The van der Waals surface area contributed by atoms with E-state index in [4.69, 9.17) is 0 Å². The van der Waals surface area contributed by atoms with Gasteiger partial charge in [0.15, 0.2) is 0 Å². The van der Waals surface area contributed by atoms with Crippen molar-refractivity contribution in [3.63, 3.8) is 0 Å². The third-order valence-electron chi connectivity index (χ3n) is 4.63. The van der Waals surface area contributed by atoms with Gasteiger partial charge < -0.3 is 10.4 Å². The van der Waals surface area contributed by atoms with Crippen molar-refractivity contribution in [2.24, 2.45) is 5.92 Å². The number of benzene rings is 1. The Kier molecular flexibility index (Phi) is 4.41. The minimum atomic E-state index is -0.961. The predicted molar refractivity (Wildman–Crippen MR) is 91.1 cm³/mol. The van der Waals surface area contributed by atoms with Gasteiger partial charge in [0.25, 0.3) is 5.91 Å². The topological polar surface area (TPSA) is 80.0 Å². The second-order valence-corrected chi connectivity index (χ2v) is 7.01. The van der Waals surface area contributed by atoms with Crippen molar-refractivity contribution in [1.82, 2.24) is 20.1 Å². The van der Waals surface area contributed by atoms with Gasteiger partial charge in [-0.05, 0) is 37.8 Å². The van der Waals surface area contributed by atoms with Gasteiger partial charge in [-0.25, -0.2) is 9.67 Å². The summed E-state index contributed by atoms with van der Waals surface area (Å²) in [5, 5.41) is 17.4. The molecule has 1 aromatic carbocycles. The molecule has 1 heterocycles. The van der Waals surface area contributed by atoms with E-state index in [2.05, 4.69) is 15.4 Å². The molecule has 128 valence electrons. The first-order valence-electron chi connectivity index (χ1n) is 8.41. The number of aliphatic hydroxyl groups is 1. The van der Waals surface area contributed by atoms with E-state index in [-0.39, 0.29) is 24.2 Å². The summed E-state index contributed by atoms with van der Waals surface area (Å²) < 4.78 is 1.76. The average molecular weight is 328 g/mol. The second-order valence-electron chi connectivity index (χ2n) is 7.01. The molecule has 3 rings (SSSR count). The van der Waals surface area contributed by atoms with Crippen LogP contribution in [0.1, 0.15) is 56.0 Å². The van der Waals surface area contributed by atoms with Crippen LogP contribution in [0.2, 0.25) is 0 Å². The van der Waals surface area contributed by atoms with Crippen LogP contribution in [0.5, 0.6) is 0 Å². The van der Waals surface area contributed by atoms with E-state index < -0.39 is 5.60 Å². The fraction of sp³-hybridized carbons (Fsp3) is 0.500. The zero-order valence-corrected chi connectivity index (χ0v) is 14.4. The Hall–Kier alpha value is -2.21. The van der Waals surface area contributed by atoms with Crippen LogP contribution >= 0.6 is 0 Å². The van der Waals surface area contributed by atoms with Gasteiger partial charge in [-0.15, -0.1) is 5.10 Å². The number of rotatable bonds is 6. The number of nitrogens with one attached hydrogen (secondary N) is 1. The number of aromatic nitrogens is 3. The molecule has 0 bridgehead atoms. The lowest BCUT2D eigenvalue weighted by atomic mass is 9.92. The van der Waals surface area contributed by atoms with Crippen molar-refractivity contribution in [2.75, 3.05) is 6.54 Å². The Morgan fingerprint density at radius 1 is 1.38 bits per heavy atom. The van der Waals surface area contributed by atoms with E-state index in [1.165, 1.54) is 0 Å². The highest BCUT2D eigenvalue weighted by molar-refractivity contribution is 5.90. The first-order valence-corrected chi connectivity index (χ1v) is 8.41. The highest BCUT2D eigenvalue weighted by Crippen LogP contribution is 2.39. The quantitative estimate of drug-likeness (QED) is 0.852. The van der Waals surface area contributed by atoms with Gasteiger partial charge in [-0.2, -0.15) is 0 Å². The van der Waals surface area contributed by atoms with E-state index in [9.17, 15) is 9.90 Å². The van der Waals surface area contributed by atoms with Crippen molar-refractivity contribution in [1.29, 1.82) is 0 Å². The van der Waals surface area contributed by atoms with E-state index in [0.717, 1.165) is 24.4 Å². The number of hydrogen-bond acceptors (Lipinski definition) is 4. The molecule has 1 aliphatic rings. The summed E-state index contributed by atoms with van der Waals surface area (Å²) in [6.45, 7) is 5.71. The minimum absolute atomic E-state index is 0.0367. The van der Waals surface area contributed by atoms with Crippen molar-refractivity contribution in [3.8, 4) is 5.69 Å². The fourth-order valence-electron chi connectivity index (χ4n) is 2.33. The first-order chi connectivity index (χ1) is 11.4. The van der Waals surface area contributed by atoms with E-state index >= 15 is 0 Å². The van der Waals surface area contributed by atoms with Gasteiger partial charge in [-0.1, -0.05) is 32.0 Å². The zero-order chi connectivity index (χ0) is 17.3. The molecule has 0 aliphatic heterocycles. The molecule has 0 saturated heterocycles. The fourth-order valence-corrected chi connectivity index (χ4v) is 2.33. The summed E-state index contributed by atoms with van der Waals surface area (Å²) in [4.78, 5) is 16.8. The lowest BCUT2D eigenvalue weighted by Crippen LogP contribution is -2.44. The number of amides is 1. The number of para-hydroxylation sites is 1. The van der Waals surface area contributed by atoms with Crippen molar-refractivity contribution in [2.45, 2.75) is 45.1 Å². The van der Waals surface area contributed by atoms with Crippen LogP contribution in [0.25, 0.3) is 5.69 Å². The standard InChI is InChI=1S/C18H24N4O2/c1-12(2)18(3,24)11-19-17(23)15-20-16(13-9-10-13)22(21-15)14-7-5-4-6-8-14/h4-8,12-13,24H,9-11H2,1-3H3,(H,19,23). The minimum Gasteiger partial charge on any atom is -0.388 e. The molecule has 1 aliphatic carbocycles. The smallest absolute Gasteiger partial charge is 0.291 e.